The quantitative estimate of drug-likeness (QED) is 0.110. The molecule has 0 atom stereocenters. The molecule has 0 saturated carbocycles. The molecule has 0 aromatic heterocycles. The molecule has 0 amide bonds. The van der Waals surface area contributed by atoms with E-state index in [1.807, 2.05) is 121 Å². The van der Waals surface area contributed by atoms with E-state index in [-0.39, 0.29) is 0 Å². The maximum atomic E-state index is 15.0. The smallest absolute Gasteiger partial charge is 0.143 e. The molecule has 0 unspecified atom stereocenters. The summed E-state index contributed by atoms with van der Waals surface area (Å²) in [5.41, 5.74) is 5.03. The lowest BCUT2D eigenvalue weighted by Gasteiger charge is -2.22. The molecular weight excluding hydrogens is 694 g/mol. The molecule has 0 aliphatic carbocycles. The predicted octanol–water partition coefficient (Wildman–Crippen LogP) is 11.6. The van der Waals surface area contributed by atoms with E-state index in [0.29, 0.717) is 12.3 Å². The van der Waals surface area contributed by atoms with E-state index in [2.05, 4.69) is 72.8 Å². The molecule has 0 bridgehead atoms. The van der Waals surface area contributed by atoms with Crippen LogP contribution < -0.4 is 21.2 Å². The van der Waals surface area contributed by atoms with Crippen molar-refractivity contribution < 1.29 is 9.13 Å². The first-order chi connectivity index (χ1) is 26.5. The lowest BCUT2D eigenvalue weighted by molar-refractivity contribution is 0.584. The summed E-state index contributed by atoms with van der Waals surface area (Å²) in [5.74, 6) is 0. The van der Waals surface area contributed by atoms with Crippen LogP contribution in [0.1, 0.15) is 24.0 Å². The standard InChI is InChI=1S/C50H44O2P2/c51-53(43-23-5-1-6-24-43,44-25-7-2-8-26-44)37-17-21-41-35-33-39-19-13-15-31-47(39)49(41)50-42(36-34-40-20-14-16-32-48(40)50)22-18-38-54(52,45-27-9-3-10-28-45)46-29-11-4-12-30-46/h1-16,19-20,23-36H,17-18,21-22,37-38H2. The van der Waals surface area contributed by atoms with Gasteiger partial charge in [0.1, 0.15) is 14.3 Å². The first kappa shape index (κ1) is 35.8. The zero-order chi connectivity index (χ0) is 36.8. The van der Waals surface area contributed by atoms with Gasteiger partial charge in [0.05, 0.1) is 0 Å². The van der Waals surface area contributed by atoms with Crippen LogP contribution in [0.4, 0.5) is 0 Å². The summed E-state index contributed by atoms with van der Waals surface area (Å²) in [5, 5.41) is 8.50. The molecule has 0 fully saturated rings. The monoisotopic (exact) mass is 738 g/mol. The fourth-order valence-electron chi connectivity index (χ4n) is 8.11. The van der Waals surface area contributed by atoms with Gasteiger partial charge >= 0.3 is 0 Å². The Bertz CT molecular complexity index is 2330. The largest absolute Gasteiger partial charge is 0.314 e. The van der Waals surface area contributed by atoms with Crippen LogP contribution in [0, 0.1) is 0 Å². The van der Waals surface area contributed by atoms with Crippen molar-refractivity contribution in [3.05, 3.63) is 205 Å². The third-order valence-corrected chi connectivity index (χ3v) is 17.2. The van der Waals surface area contributed by atoms with Gasteiger partial charge in [-0.25, -0.2) is 0 Å². The van der Waals surface area contributed by atoms with E-state index in [9.17, 15) is 9.13 Å². The highest BCUT2D eigenvalue weighted by molar-refractivity contribution is 7.79. The average molecular weight is 739 g/mol. The van der Waals surface area contributed by atoms with Crippen molar-refractivity contribution in [1.29, 1.82) is 0 Å². The zero-order valence-electron chi connectivity index (χ0n) is 30.4. The highest BCUT2D eigenvalue weighted by Gasteiger charge is 2.28. The van der Waals surface area contributed by atoms with Crippen LogP contribution in [0.25, 0.3) is 32.7 Å². The molecule has 8 aromatic rings. The normalized spacial score (nSPS) is 11.9. The minimum atomic E-state index is -2.85. The van der Waals surface area contributed by atoms with E-state index in [1.54, 1.807) is 0 Å². The topological polar surface area (TPSA) is 34.1 Å². The lowest BCUT2D eigenvalue weighted by Crippen LogP contribution is -2.19. The van der Waals surface area contributed by atoms with Gasteiger partial charge in [-0.1, -0.05) is 194 Å². The van der Waals surface area contributed by atoms with Crippen molar-refractivity contribution >= 4 is 57.0 Å². The van der Waals surface area contributed by atoms with Gasteiger partial charge in [-0.05, 0) is 69.5 Å². The Hall–Kier alpha value is -5.26. The first-order valence-electron chi connectivity index (χ1n) is 19.0. The number of rotatable bonds is 13. The molecule has 0 aliphatic rings. The SMILES string of the molecule is O=P(CCCc1ccc2ccccc2c1-c1c(CCCP(=O)(c2ccccc2)c2ccccc2)ccc2ccccc12)(c1ccccc1)c1ccccc1. The summed E-state index contributed by atoms with van der Waals surface area (Å²) in [6, 6.07) is 66.5. The number of benzene rings is 8. The molecular formula is C50H44O2P2. The number of hydrogen-bond acceptors (Lipinski definition) is 2. The molecule has 0 radical (unpaired) electrons. The fraction of sp³-hybridized carbons (Fsp3) is 0.120. The van der Waals surface area contributed by atoms with Crippen LogP contribution in [0.15, 0.2) is 194 Å². The van der Waals surface area contributed by atoms with E-state index in [0.717, 1.165) is 46.9 Å². The van der Waals surface area contributed by atoms with Crippen molar-refractivity contribution in [2.75, 3.05) is 12.3 Å². The Balaban J connectivity index is 1.18. The van der Waals surface area contributed by atoms with Gasteiger partial charge < -0.3 is 9.13 Å². The summed E-state index contributed by atoms with van der Waals surface area (Å²) >= 11 is 0. The fourth-order valence-corrected chi connectivity index (χ4v) is 13.6. The van der Waals surface area contributed by atoms with Gasteiger partial charge in [-0.3, -0.25) is 0 Å². The van der Waals surface area contributed by atoms with Gasteiger partial charge in [0.2, 0.25) is 0 Å². The average Bonchev–Trinajstić information content (AvgIpc) is 3.24. The summed E-state index contributed by atoms with van der Waals surface area (Å²) in [4.78, 5) is 0. The van der Waals surface area contributed by atoms with Crippen molar-refractivity contribution in [2.24, 2.45) is 0 Å². The second-order valence-electron chi connectivity index (χ2n) is 14.1. The van der Waals surface area contributed by atoms with Crippen molar-refractivity contribution in [3.8, 4) is 11.1 Å². The number of hydrogen-bond donors (Lipinski definition) is 0. The Morgan fingerprint density at radius 1 is 0.315 bits per heavy atom. The van der Waals surface area contributed by atoms with E-state index in [4.69, 9.17) is 0 Å². The molecule has 0 saturated heterocycles. The summed E-state index contributed by atoms with van der Waals surface area (Å²) in [6.07, 6.45) is 4.33. The summed E-state index contributed by atoms with van der Waals surface area (Å²) < 4.78 is 30.0. The molecule has 8 rings (SSSR count). The van der Waals surface area contributed by atoms with E-state index in [1.165, 1.54) is 43.8 Å². The highest BCUT2D eigenvalue weighted by Crippen LogP contribution is 2.47. The van der Waals surface area contributed by atoms with Gasteiger partial charge in [0, 0.05) is 33.5 Å². The Kier molecular flexibility index (Phi) is 10.6. The van der Waals surface area contributed by atoms with Crippen molar-refractivity contribution in [2.45, 2.75) is 25.7 Å². The summed E-state index contributed by atoms with van der Waals surface area (Å²) in [6.45, 7) is 0. The number of aryl methyl sites for hydroxylation is 2. The van der Waals surface area contributed by atoms with Crippen molar-refractivity contribution in [3.63, 3.8) is 0 Å². The zero-order valence-corrected chi connectivity index (χ0v) is 32.2. The third kappa shape index (κ3) is 7.18. The van der Waals surface area contributed by atoms with E-state index < -0.39 is 14.3 Å². The molecule has 0 aliphatic heterocycles. The van der Waals surface area contributed by atoms with Crippen LogP contribution in [0.3, 0.4) is 0 Å². The summed E-state index contributed by atoms with van der Waals surface area (Å²) in [7, 11) is -5.71. The molecule has 266 valence electrons. The Morgan fingerprint density at radius 3 is 0.944 bits per heavy atom. The van der Waals surface area contributed by atoms with Crippen LogP contribution in [0.5, 0.6) is 0 Å². The third-order valence-electron chi connectivity index (χ3n) is 10.8. The lowest BCUT2D eigenvalue weighted by atomic mass is 9.85. The van der Waals surface area contributed by atoms with Crippen LogP contribution in [0.2, 0.25) is 0 Å². The van der Waals surface area contributed by atoms with Gasteiger partial charge in [-0.15, -0.1) is 0 Å². The predicted molar refractivity (Wildman–Crippen MR) is 233 cm³/mol. The number of fused-ring (bicyclic) bond motifs is 2. The van der Waals surface area contributed by atoms with Crippen LogP contribution in [-0.2, 0) is 22.0 Å². The highest BCUT2D eigenvalue weighted by atomic mass is 31.2. The van der Waals surface area contributed by atoms with Crippen LogP contribution in [-0.4, -0.2) is 12.3 Å². The molecule has 4 heteroatoms. The minimum Gasteiger partial charge on any atom is -0.314 e. The maximum absolute atomic E-state index is 15.0. The van der Waals surface area contributed by atoms with Crippen molar-refractivity contribution in [1.82, 2.24) is 0 Å². The van der Waals surface area contributed by atoms with Gasteiger partial charge in [0.15, 0.2) is 0 Å². The second-order valence-corrected chi connectivity index (χ2v) is 20.0. The first-order valence-corrected chi connectivity index (χ1v) is 22.8. The maximum Gasteiger partial charge on any atom is 0.143 e. The molecule has 0 heterocycles. The molecule has 0 N–H and O–H groups in total. The van der Waals surface area contributed by atoms with E-state index >= 15 is 0 Å². The van der Waals surface area contributed by atoms with Crippen LogP contribution >= 0.6 is 14.3 Å². The molecule has 8 aromatic carbocycles. The van der Waals surface area contributed by atoms with Gasteiger partial charge in [0.25, 0.3) is 0 Å². The second kappa shape index (κ2) is 16.0. The molecule has 2 nitrogen and oxygen atoms in total. The Morgan fingerprint density at radius 2 is 0.611 bits per heavy atom. The molecule has 0 spiro atoms. The minimum absolute atomic E-state index is 0.587. The Labute approximate surface area is 319 Å². The van der Waals surface area contributed by atoms with Gasteiger partial charge in [-0.2, -0.15) is 0 Å². The molecule has 54 heavy (non-hydrogen) atoms.